The monoisotopic (exact) mass is 895 g/mol. The highest BCUT2D eigenvalue weighted by molar-refractivity contribution is 6.12. The summed E-state index contributed by atoms with van der Waals surface area (Å²) < 4.78 is 7.31. The minimum Gasteiger partial charge on any atom is -0.313 e. The summed E-state index contributed by atoms with van der Waals surface area (Å²) in [6.45, 7) is 2.35. The summed E-state index contributed by atoms with van der Waals surface area (Å²) in [6.07, 6.45) is 5.71. The fourth-order valence-corrected chi connectivity index (χ4v) is 11.2. The average molecular weight is 896 g/mol. The molecule has 0 bridgehead atoms. The fourth-order valence-electron chi connectivity index (χ4n) is 11.2. The van der Waals surface area contributed by atoms with Gasteiger partial charge < -0.3 is 13.7 Å². The smallest absolute Gasteiger partial charge is 0.160 e. The Kier molecular flexibility index (Phi) is 9.18. The maximum absolute atomic E-state index is 5.37. The van der Waals surface area contributed by atoms with Crippen molar-refractivity contribution >= 4 is 60.6 Å². The van der Waals surface area contributed by atoms with E-state index in [1.807, 2.05) is 12.1 Å². The van der Waals surface area contributed by atoms with Crippen LogP contribution in [0.5, 0.6) is 0 Å². The van der Waals surface area contributed by atoms with Gasteiger partial charge in [-0.2, -0.15) is 0 Å². The predicted octanol–water partition coefficient (Wildman–Crippen LogP) is 16.8. The van der Waals surface area contributed by atoms with E-state index in [0.29, 0.717) is 11.7 Å². The van der Waals surface area contributed by atoms with Crippen LogP contribution in [0.25, 0.3) is 123 Å². The molecule has 1 atom stereocenters. The van der Waals surface area contributed by atoms with Gasteiger partial charge in [0.15, 0.2) is 5.82 Å². The van der Waals surface area contributed by atoms with E-state index >= 15 is 0 Å². The normalized spacial score (nSPS) is 13.5. The van der Waals surface area contributed by atoms with Crippen LogP contribution in [0, 0.1) is 0 Å². The summed E-state index contributed by atoms with van der Waals surface area (Å²) in [4.78, 5) is 10.7. The average Bonchev–Trinajstić information content (AvgIpc) is 4.07. The van der Waals surface area contributed by atoms with Crippen LogP contribution < -0.4 is 0 Å². The lowest BCUT2D eigenvalue weighted by Crippen LogP contribution is -2.06. The fraction of sp³-hybridized carbons (Fsp3) is 0.0462. The van der Waals surface area contributed by atoms with Crippen LogP contribution in [0.2, 0.25) is 0 Å². The predicted molar refractivity (Wildman–Crippen MR) is 291 cm³/mol. The molecule has 5 nitrogen and oxygen atoms in total. The summed E-state index contributed by atoms with van der Waals surface area (Å²) in [5, 5.41) is 6.10. The van der Waals surface area contributed by atoms with Gasteiger partial charge in [-0.05, 0) is 96.4 Å². The topological polar surface area (TPSA) is 40.6 Å². The Bertz CT molecular complexity index is 4100. The van der Waals surface area contributed by atoms with E-state index in [1.54, 1.807) is 0 Å². The van der Waals surface area contributed by atoms with Crippen LogP contribution in [0.3, 0.4) is 0 Å². The molecule has 330 valence electrons. The van der Waals surface area contributed by atoms with Gasteiger partial charge in [0.1, 0.15) is 0 Å². The standard InChI is InChI=1S/C65H45N5/c1-42-18-17-28-54-56-39-46(33-35-63(56)70(64(42)54)48-23-9-4-10-24-48)45-32-34-62-55(38-45)53-27-13-16-31-61(53)69(62)50-37-47(36-49(40-50)68-59-29-14-11-25-51(59)52-26-12-15-30-60(52)68)65-66-57(43-19-5-2-6-20-43)41-58(67-65)44-21-7-3-8-22-44/h2-17,19-42H,18H2,1H3. The third-order valence-corrected chi connectivity index (χ3v) is 14.4. The van der Waals surface area contributed by atoms with Crippen molar-refractivity contribution in [3.8, 4) is 62.1 Å². The number of fused-ring (bicyclic) bond motifs is 9. The summed E-state index contributed by atoms with van der Waals surface area (Å²) in [6, 6.07) is 81.0. The highest BCUT2D eigenvalue weighted by Crippen LogP contribution is 2.43. The second-order valence-corrected chi connectivity index (χ2v) is 18.6. The molecule has 9 aromatic carbocycles. The van der Waals surface area contributed by atoms with E-state index in [1.165, 1.54) is 60.5 Å². The SMILES string of the molecule is CC1CC=Cc2c1n(-c1ccccc1)c1ccc(-c3ccc4c(c3)c3ccccc3n4-c3cc(-c4nc(-c5ccccc5)cc(-c5ccccc5)n4)cc(-n4c5ccccc5c5ccccc54)c3)cc21. The molecular weight excluding hydrogens is 851 g/mol. The highest BCUT2D eigenvalue weighted by atomic mass is 15.0. The first-order chi connectivity index (χ1) is 34.6. The quantitative estimate of drug-likeness (QED) is 0.160. The Morgan fingerprint density at radius 2 is 0.814 bits per heavy atom. The molecule has 0 N–H and O–H groups in total. The van der Waals surface area contributed by atoms with Gasteiger partial charge in [-0.1, -0.05) is 165 Å². The van der Waals surface area contributed by atoms with Crippen LogP contribution in [0.1, 0.15) is 30.5 Å². The van der Waals surface area contributed by atoms with E-state index in [0.717, 1.165) is 67.9 Å². The first-order valence-corrected chi connectivity index (χ1v) is 24.2. The summed E-state index contributed by atoms with van der Waals surface area (Å²) in [7, 11) is 0. The molecule has 5 heteroatoms. The first-order valence-electron chi connectivity index (χ1n) is 24.2. The lowest BCUT2D eigenvalue weighted by atomic mass is 9.92. The van der Waals surface area contributed by atoms with E-state index in [2.05, 4.69) is 245 Å². The zero-order valence-corrected chi connectivity index (χ0v) is 38.5. The molecule has 70 heavy (non-hydrogen) atoms. The number of hydrogen-bond acceptors (Lipinski definition) is 2. The number of rotatable bonds is 7. The van der Waals surface area contributed by atoms with Gasteiger partial charge in [0.05, 0.1) is 39.0 Å². The van der Waals surface area contributed by atoms with Crippen molar-refractivity contribution in [3.63, 3.8) is 0 Å². The van der Waals surface area contributed by atoms with Crippen molar-refractivity contribution < 1.29 is 0 Å². The number of aromatic nitrogens is 5. The van der Waals surface area contributed by atoms with Crippen molar-refractivity contribution in [2.45, 2.75) is 19.3 Å². The summed E-state index contributed by atoms with van der Waals surface area (Å²) in [5.74, 6) is 1.08. The van der Waals surface area contributed by atoms with Crippen molar-refractivity contribution in [1.29, 1.82) is 0 Å². The molecule has 4 heterocycles. The van der Waals surface area contributed by atoms with Crippen molar-refractivity contribution in [1.82, 2.24) is 23.7 Å². The van der Waals surface area contributed by atoms with E-state index in [9.17, 15) is 0 Å². The van der Waals surface area contributed by atoms with Gasteiger partial charge in [-0.3, -0.25) is 0 Å². The number of para-hydroxylation sites is 4. The Morgan fingerprint density at radius 3 is 1.37 bits per heavy atom. The molecule has 1 aliphatic rings. The number of hydrogen-bond donors (Lipinski definition) is 0. The third kappa shape index (κ3) is 6.39. The van der Waals surface area contributed by atoms with Gasteiger partial charge in [0.25, 0.3) is 0 Å². The molecule has 0 amide bonds. The number of benzene rings is 9. The molecule has 0 fully saturated rings. The molecule has 1 unspecified atom stereocenters. The van der Waals surface area contributed by atoms with Crippen LogP contribution in [0.4, 0.5) is 0 Å². The molecule has 0 spiro atoms. The largest absolute Gasteiger partial charge is 0.313 e. The maximum atomic E-state index is 5.37. The van der Waals surface area contributed by atoms with E-state index in [-0.39, 0.29) is 0 Å². The minimum absolute atomic E-state index is 0.415. The lowest BCUT2D eigenvalue weighted by Gasteiger charge is -2.19. The lowest BCUT2D eigenvalue weighted by molar-refractivity contribution is 0.723. The molecule has 0 aliphatic heterocycles. The van der Waals surface area contributed by atoms with Crippen molar-refractivity contribution in [3.05, 3.63) is 242 Å². The molecule has 0 saturated heterocycles. The van der Waals surface area contributed by atoms with Crippen molar-refractivity contribution in [2.24, 2.45) is 0 Å². The van der Waals surface area contributed by atoms with Gasteiger partial charge >= 0.3 is 0 Å². The minimum atomic E-state index is 0.415. The summed E-state index contributed by atoms with van der Waals surface area (Å²) in [5.41, 5.74) is 18.9. The molecular formula is C65H45N5. The molecule has 0 radical (unpaired) electrons. The Morgan fingerprint density at radius 1 is 0.357 bits per heavy atom. The summed E-state index contributed by atoms with van der Waals surface area (Å²) >= 11 is 0. The van der Waals surface area contributed by atoms with E-state index in [4.69, 9.17) is 9.97 Å². The zero-order valence-electron chi connectivity index (χ0n) is 38.5. The molecule has 0 saturated carbocycles. The van der Waals surface area contributed by atoms with Gasteiger partial charge in [-0.25, -0.2) is 9.97 Å². The van der Waals surface area contributed by atoms with Crippen LogP contribution in [-0.4, -0.2) is 23.7 Å². The second-order valence-electron chi connectivity index (χ2n) is 18.6. The Balaban J connectivity index is 0.998. The number of allylic oxidation sites excluding steroid dienone is 1. The Hall–Kier alpha value is -9.06. The Labute approximate surface area is 405 Å². The van der Waals surface area contributed by atoms with Crippen molar-refractivity contribution in [2.75, 3.05) is 0 Å². The zero-order chi connectivity index (χ0) is 46.3. The van der Waals surface area contributed by atoms with Gasteiger partial charge in [-0.15, -0.1) is 0 Å². The van der Waals surface area contributed by atoms with Crippen LogP contribution in [-0.2, 0) is 0 Å². The van der Waals surface area contributed by atoms with E-state index < -0.39 is 0 Å². The number of nitrogens with zero attached hydrogens (tertiary/aromatic N) is 5. The highest BCUT2D eigenvalue weighted by Gasteiger charge is 2.25. The third-order valence-electron chi connectivity index (χ3n) is 14.4. The molecule has 4 aromatic heterocycles. The molecule has 1 aliphatic carbocycles. The van der Waals surface area contributed by atoms with Gasteiger partial charge in [0.2, 0.25) is 0 Å². The molecule has 13 aromatic rings. The second kappa shape index (κ2) is 16.0. The van der Waals surface area contributed by atoms with Gasteiger partial charge in [0, 0.05) is 77.9 Å². The molecule has 14 rings (SSSR count). The van der Waals surface area contributed by atoms with Crippen LogP contribution >= 0.6 is 0 Å². The maximum Gasteiger partial charge on any atom is 0.160 e. The first kappa shape index (κ1) is 40.0. The van der Waals surface area contributed by atoms with Crippen LogP contribution in [0.15, 0.2) is 231 Å².